The molecule has 36 heavy (non-hydrogen) atoms. The number of morpholine rings is 1. The van der Waals surface area contributed by atoms with Crippen LogP contribution in [0.1, 0.15) is 29.1 Å². The molecule has 8 nitrogen and oxygen atoms in total. The third kappa shape index (κ3) is 4.73. The van der Waals surface area contributed by atoms with E-state index in [1.54, 1.807) is 11.3 Å². The predicted molar refractivity (Wildman–Crippen MR) is 142 cm³/mol. The summed E-state index contributed by atoms with van der Waals surface area (Å²) in [5.41, 5.74) is 3.32. The zero-order valence-electron chi connectivity index (χ0n) is 20.0. The lowest BCUT2D eigenvalue weighted by atomic mass is 10.0. The Labute approximate surface area is 213 Å². The van der Waals surface area contributed by atoms with Gasteiger partial charge in [-0.3, -0.25) is 10.00 Å². The zero-order valence-corrected chi connectivity index (χ0v) is 20.8. The normalized spacial score (nSPS) is 15.2. The molecule has 4 heterocycles. The summed E-state index contributed by atoms with van der Waals surface area (Å²) < 4.78 is 5.53. The van der Waals surface area contributed by atoms with E-state index >= 15 is 0 Å². The lowest BCUT2D eigenvalue weighted by Crippen LogP contribution is -2.36. The van der Waals surface area contributed by atoms with Crippen LogP contribution in [0.15, 0.2) is 66.0 Å². The van der Waals surface area contributed by atoms with E-state index in [2.05, 4.69) is 67.2 Å². The summed E-state index contributed by atoms with van der Waals surface area (Å²) in [6, 6.07) is 20.4. The number of ether oxygens (including phenoxy) is 1. The minimum absolute atomic E-state index is 0.269. The molecule has 2 N–H and O–H groups in total. The van der Waals surface area contributed by atoms with Crippen molar-refractivity contribution < 1.29 is 4.74 Å². The molecule has 1 fully saturated rings. The van der Waals surface area contributed by atoms with Crippen molar-refractivity contribution >= 4 is 27.4 Å². The standard InChI is InChI=1S/C27H27N7OS/c1-18-28-26(33-32-18)24(20-10-6-3-7-11-20)31-25-23-21(19-8-4-2-5-9-19)17-36-27(23)30-22(29-25)16-34-12-14-35-15-13-34/h2-11,17,24H,12-16H2,1H3,(H,28,32,33)(H,29,30,31). The molecule has 0 aliphatic carbocycles. The first kappa shape index (κ1) is 22.8. The average molecular weight is 498 g/mol. The van der Waals surface area contributed by atoms with Crippen LogP contribution < -0.4 is 5.32 Å². The highest BCUT2D eigenvalue weighted by molar-refractivity contribution is 7.17. The first-order chi connectivity index (χ1) is 17.7. The van der Waals surface area contributed by atoms with Crippen LogP contribution in [0.25, 0.3) is 21.3 Å². The molecule has 1 atom stereocenters. The van der Waals surface area contributed by atoms with E-state index in [0.717, 1.165) is 70.7 Å². The topological polar surface area (TPSA) is 91.8 Å². The third-order valence-electron chi connectivity index (χ3n) is 6.32. The molecular weight excluding hydrogens is 470 g/mol. The fourth-order valence-corrected chi connectivity index (χ4v) is 5.48. The number of hydrogen-bond acceptors (Lipinski definition) is 8. The van der Waals surface area contributed by atoms with Gasteiger partial charge in [0.15, 0.2) is 5.82 Å². The lowest BCUT2D eigenvalue weighted by molar-refractivity contribution is 0.0331. The average Bonchev–Trinajstić information content (AvgIpc) is 3.55. The lowest BCUT2D eigenvalue weighted by Gasteiger charge is -2.26. The molecule has 182 valence electrons. The van der Waals surface area contributed by atoms with Crippen molar-refractivity contribution in [3.05, 3.63) is 89.1 Å². The molecule has 0 bridgehead atoms. The first-order valence-electron chi connectivity index (χ1n) is 12.1. The largest absolute Gasteiger partial charge is 0.379 e. The number of rotatable bonds is 7. The van der Waals surface area contributed by atoms with Crippen LogP contribution in [0, 0.1) is 6.92 Å². The van der Waals surface area contributed by atoms with Gasteiger partial charge in [-0.05, 0) is 18.1 Å². The van der Waals surface area contributed by atoms with E-state index in [9.17, 15) is 0 Å². The van der Waals surface area contributed by atoms with Gasteiger partial charge in [-0.1, -0.05) is 60.7 Å². The number of aromatic amines is 1. The number of anilines is 1. The summed E-state index contributed by atoms with van der Waals surface area (Å²) in [5.74, 6) is 3.04. The van der Waals surface area contributed by atoms with Crippen molar-refractivity contribution in [1.82, 2.24) is 30.0 Å². The summed E-state index contributed by atoms with van der Waals surface area (Å²) in [5, 5.41) is 14.4. The number of thiophene rings is 1. The van der Waals surface area contributed by atoms with Crippen LogP contribution in [0.3, 0.4) is 0 Å². The number of nitrogens with one attached hydrogen (secondary N) is 2. The molecular formula is C27H27N7OS. The molecule has 1 aliphatic heterocycles. The molecule has 0 radical (unpaired) electrons. The number of nitrogens with zero attached hydrogens (tertiary/aromatic N) is 5. The quantitative estimate of drug-likeness (QED) is 0.333. The highest BCUT2D eigenvalue weighted by Crippen LogP contribution is 2.38. The van der Waals surface area contributed by atoms with Gasteiger partial charge in [0.2, 0.25) is 0 Å². The van der Waals surface area contributed by atoms with E-state index in [1.165, 1.54) is 0 Å². The maximum Gasteiger partial charge on any atom is 0.177 e. The summed E-state index contributed by atoms with van der Waals surface area (Å²) in [7, 11) is 0. The van der Waals surface area contributed by atoms with Gasteiger partial charge in [0, 0.05) is 24.0 Å². The monoisotopic (exact) mass is 497 g/mol. The van der Waals surface area contributed by atoms with Crippen molar-refractivity contribution in [1.29, 1.82) is 0 Å². The molecule has 0 saturated carbocycles. The Morgan fingerprint density at radius 2 is 1.75 bits per heavy atom. The SMILES string of the molecule is Cc1nc(C(Nc2nc(CN3CCOCC3)nc3scc(-c4ccccc4)c23)c2ccccc2)n[nH]1. The van der Waals surface area contributed by atoms with E-state index in [1.807, 2.05) is 31.2 Å². The Hall–Kier alpha value is -3.66. The smallest absolute Gasteiger partial charge is 0.177 e. The molecule has 3 aromatic heterocycles. The van der Waals surface area contributed by atoms with Gasteiger partial charge in [0.25, 0.3) is 0 Å². The van der Waals surface area contributed by atoms with Crippen molar-refractivity contribution in [3.63, 3.8) is 0 Å². The molecule has 1 aliphatic rings. The molecule has 6 rings (SSSR count). The molecule has 0 amide bonds. The number of fused-ring (bicyclic) bond motifs is 1. The van der Waals surface area contributed by atoms with Crippen LogP contribution >= 0.6 is 11.3 Å². The van der Waals surface area contributed by atoms with E-state index < -0.39 is 0 Å². The number of H-pyrrole nitrogens is 1. The highest BCUT2D eigenvalue weighted by atomic mass is 32.1. The fourth-order valence-electron chi connectivity index (χ4n) is 4.52. The van der Waals surface area contributed by atoms with Gasteiger partial charge in [0.1, 0.15) is 28.3 Å². The molecule has 9 heteroatoms. The number of aromatic nitrogens is 5. The van der Waals surface area contributed by atoms with Crippen LogP contribution in [0.2, 0.25) is 0 Å². The van der Waals surface area contributed by atoms with Crippen molar-refractivity contribution in [2.75, 3.05) is 31.6 Å². The third-order valence-corrected chi connectivity index (χ3v) is 7.19. The summed E-state index contributed by atoms with van der Waals surface area (Å²) in [6.45, 7) is 5.84. The summed E-state index contributed by atoms with van der Waals surface area (Å²) >= 11 is 1.65. The Balaban J connectivity index is 1.47. The van der Waals surface area contributed by atoms with Gasteiger partial charge >= 0.3 is 0 Å². The molecule has 2 aromatic carbocycles. The Morgan fingerprint density at radius 1 is 1.00 bits per heavy atom. The van der Waals surface area contributed by atoms with Crippen LogP contribution in [0.5, 0.6) is 0 Å². The minimum atomic E-state index is -0.269. The van der Waals surface area contributed by atoms with E-state index in [4.69, 9.17) is 14.7 Å². The molecule has 0 spiro atoms. The Bertz CT molecular complexity index is 1450. The second kappa shape index (κ2) is 10.1. The highest BCUT2D eigenvalue weighted by Gasteiger charge is 2.24. The molecule has 1 saturated heterocycles. The van der Waals surface area contributed by atoms with E-state index in [0.29, 0.717) is 12.4 Å². The van der Waals surface area contributed by atoms with Gasteiger partial charge in [-0.2, -0.15) is 5.10 Å². The van der Waals surface area contributed by atoms with Gasteiger partial charge < -0.3 is 10.1 Å². The minimum Gasteiger partial charge on any atom is -0.379 e. The predicted octanol–water partition coefficient (Wildman–Crippen LogP) is 4.82. The Kier molecular flexibility index (Phi) is 6.42. The van der Waals surface area contributed by atoms with E-state index in [-0.39, 0.29) is 6.04 Å². The van der Waals surface area contributed by atoms with Crippen LogP contribution in [-0.4, -0.2) is 56.4 Å². The Morgan fingerprint density at radius 3 is 2.47 bits per heavy atom. The maximum atomic E-state index is 5.53. The fraction of sp³-hybridized carbons (Fsp3) is 0.259. The number of aryl methyl sites for hydroxylation is 1. The number of benzene rings is 2. The number of hydrogen-bond donors (Lipinski definition) is 2. The van der Waals surface area contributed by atoms with Gasteiger partial charge in [-0.25, -0.2) is 15.0 Å². The summed E-state index contributed by atoms with van der Waals surface area (Å²) in [4.78, 5) is 18.0. The van der Waals surface area contributed by atoms with Gasteiger partial charge in [-0.15, -0.1) is 11.3 Å². The van der Waals surface area contributed by atoms with Crippen molar-refractivity contribution in [2.45, 2.75) is 19.5 Å². The summed E-state index contributed by atoms with van der Waals surface area (Å²) in [6.07, 6.45) is 0. The van der Waals surface area contributed by atoms with Crippen LogP contribution in [-0.2, 0) is 11.3 Å². The second-order valence-electron chi connectivity index (χ2n) is 8.84. The molecule has 5 aromatic rings. The van der Waals surface area contributed by atoms with Gasteiger partial charge in [0.05, 0.1) is 25.1 Å². The molecule has 1 unspecified atom stereocenters. The van der Waals surface area contributed by atoms with Crippen molar-refractivity contribution in [3.8, 4) is 11.1 Å². The zero-order chi connectivity index (χ0) is 24.3. The second-order valence-corrected chi connectivity index (χ2v) is 9.70. The van der Waals surface area contributed by atoms with Crippen LogP contribution in [0.4, 0.5) is 5.82 Å². The first-order valence-corrected chi connectivity index (χ1v) is 13.0. The maximum absolute atomic E-state index is 5.53. The van der Waals surface area contributed by atoms with Crippen molar-refractivity contribution in [2.24, 2.45) is 0 Å².